The van der Waals surface area contributed by atoms with E-state index in [1.807, 2.05) is 4.68 Å². The van der Waals surface area contributed by atoms with Crippen molar-refractivity contribution in [3.63, 3.8) is 0 Å². The number of hydrogen-bond acceptors (Lipinski definition) is 6. The Bertz CT molecular complexity index is 851. The summed E-state index contributed by atoms with van der Waals surface area (Å²) in [5, 5.41) is 5.58. The Balaban J connectivity index is 1.91. The SMILES string of the molecule is Nc1ncc2nc(-c3ccc(F)cc3)n(N3CCCNCC3)c2n1. The third kappa shape index (κ3) is 2.65. The number of imidazole rings is 1. The molecule has 3 aromatic rings. The van der Waals surface area contributed by atoms with Crippen LogP contribution >= 0.6 is 0 Å². The fourth-order valence-electron chi connectivity index (χ4n) is 2.96. The summed E-state index contributed by atoms with van der Waals surface area (Å²) in [6.07, 6.45) is 2.64. The van der Waals surface area contributed by atoms with E-state index in [1.54, 1.807) is 18.3 Å². The molecule has 0 unspecified atom stereocenters. The molecule has 1 aliphatic rings. The molecule has 1 saturated heterocycles. The second-order valence-corrected chi connectivity index (χ2v) is 5.75. The molecule has 2 aromatic heterocycles. The lowest BCUT2D eigenvalue weighted by Gasteiger charge is -2.25. The van der Waals surface area contributed by atoms with Crippen LogP contribution < -0.4 is 16.1 Å². The van der Waals surface area contributed by atoms with Crippen molar-refractivity contribution in [2.24, 2.45) is 0 Å². The van der Waals surface area contributed by atoms with Gasteiger partial charge in [0.05, 0.1) is 6.20 Å². The van der Waals surface area contributed by atoms with Gasteiger partial charge in [0.15, 0.2) is 11.5 Å². The molecule has 0 aliphatic carbocycles. The normalized spacial score (nSPS) is 15.6. The van der Waals surface area contributed by atoms with Crippen LogP contribution in [-0.2, 0) is 0 Å². The van der Waals surface area contributed by atoms with Gasteiger partial charge in [-0.2, -0.15) is 4.98 Å². The van der Waals surface area contributed by atoms with Gasteiger partial charge in [0.1, 0.15) is 11.3 Å². The molecule has 0 atom stereocenters. The topological polar surface area (TPSA) is 84.9 Å². The lowest BCUT2D eigenvalue weighted by molar-refractivity contribution is 0.615. The Hall–Kier alpha value is -2.74. The predicted octanol–water partition coefficient (Wildman–Crippen LogP) is 1.15. The second-order valence-electron chi connectivity index (χ2n) is 5.75. The number of fused-ring (bicyclic) bond motifs is 1. The number of anilines is 1. The highest BCUT2D eigenvalue weighted by Crippen LogP contribution is 2.24. The van der Waals surface area contributed by atoms with Crippen LogP contribution in [-0.4, -0.2) is 45.8 Å². The summed E-state index contributed by atoms with van der Waals surface area (Å²) >= 11 is 0. The molecule has 24 heavy (non-hydrogen) atoms. The number of nitrogen functional groups attached to an aromatic ring is 1. The summed E-state index contributed by atoms with van der Waals surface area (Å²) < 4.78 is 15.3. The maximum absolute atomic E-state index is 13.3. The van der Waals surface area contributed by atoms with Crippen molar-refractivity contribution in [2.75, 3.05) is 36.9 Å². The zero-order chi connectivity index (χ0) is 16.5. The predicted molar refractivity (Wildman–Crippen MR) is 90.6 cm³/mol. The summed E-state index contributed by atoms with van der Waals surface area (Å²) in [6.45, 7) is 3.55. The van der Waals surface area contributed by atoms with E-state index in [1.165, 1.54) is 12.1 Å². The first-order valence-corrected chi connectivity index (χ1v) is 7.95. The van der Waals surface area contributed by atoms with Crippen LogP contribution in [0.5, 0.6) is 0 Å². The first kappa shape index (κ1) is 14.8. The number of nitrogens with two attached hydrogens (primary N) is 1. The van der Waals surface area contributed by atoms with Crippen molar-refractivity contribution in [1.29, 1.82) is 0 Å². The molecule has 0 bridgehead atoms. The monoisotopic (exact) mass is 327 g/mol. The lowest BCUT2D eigenvalue weighted by Crippen LogP contribution is -2.38. The molecular formula is C16H18FN7. The minimum absolute atomic E-state index is 0.210. The molecule has 4 rings (SSSR count). The quantitative estimate of drug-likeness (QED) is 0.734. The number of nitrogens with one attached hydrogen (secondary N) is 1. The molecule has 0 saturated carbocycles. The van der Waals surface area contributed by atoms with Crippen molar-refractivity contribution in [3.05, 3.63) is 36.3 Å². The molecule has 0 radical (unpaired) electrons. The standard InChI is InChI=1S/C16H18FN7/c17-12-4-2-11(3-5-12)14-21-13-10-20-16(18)22-15(13)24(14)23-8-1-6-19-7-9-23/h2-5,10,19H,1,6-9H2,(H2,18,20,22). The van der Waals surface area contributed by atoms with E-state index in [2.05, 4.69) is 25.3 Å². The highest BCUT2D eigenvalue weighted by Gasteiger charge is 2.20. The molecule has 0 spiro atoms. The van der Waals surface area contributed by atoms with Gasteiger partial charge in [-0.05, 0) is 37.2 Å². The van der Waals surface area contributed by atoms with Crippen LogP contribution in [0.15, 0.2) is 30.5 Å². The van der Waals surface area contributed by atoms with E-state index in [0.717, 1.165) is 38.2 Å². The van der Waals surface area contributed by atoms with Gasteiger partial charge in [0.25, 0.3) is 0 Å². The maximum atomic E-state index is 13.3. The van der Waals surface area contributed by atoms with Crippen LogP contribution in [0.1, 0.15) is 6.42 Å². The highest BCUT2D eigenvalue weighted by molar-refractivity contribution is 5.77. The van der Waals surface area contributed by atoms with E-state index in [9.17, 15) is 4.39 Å². The number of hydrogen-bond donors (Lipinski definition) is 2. The van der Waals surface area contributed by atoms with Gasteiger partial charge in [-0.3, -0.25) is 0 Å². The molecule has 124 valence electrons. The molecule has 0 amide bonds. The lowest BCUT2D eigenvalue weighted by atomic mass is 10.2. The van der Waals surface area contributed by atoms with E-state index >= 15 is 0 Å². The molecule has 3 N–H and O–H groups in total. The minimum atomic E-state index is -0.274. The maximum Gasteiger partial charge on any atom is 0.222 e. The van der Waals surface area contributed by atoms with Crippen LogP contribution in [0.3, 0.4) is 0 Å². The largest absolute Gasteiger partial charge is 0.368 e. The number of halogens is 1. The van der Waals surface area contributed by atoms with Gasteiger partial charge in [-0.25, -0.2) is 19.0 Å². The zero-order valence-electron chi connectivity index (χ0n) is 13.1. The number of rotatable bonds is 2. The van der Waals surface area contributed by atoms with Crippen molar-refractivity contribution >= 4 is 17.1 Å². The van der Waals surface area contributed by atoms with E-state index in [0.29, 0.717) is 17.0 Å². The first-order valence-electron chi connectivity index (χ1n) is 7.95. The van der Waals surface area contributed by atoms with Gasteiger partial charge >= 0.3 is 0 Å². The van der Waals surface area contributed by atoms with Gasteiger partial charge in [-0.1, -0.05) is 0 Å². The van der Waals surface area contributed by atoms with Crippen LogP contribution in [0.4, 0.5) is 10.3 Å². The summed E-state index contributed by atoms with van der Waals surface area (Å²) in [5.41, 5.74) is 7.94. The third-order valence-corrected chi connectivity index (χ3v) is 4.10. The number of nitrogens with zero attached hydrogens (tertiary/aromatic N) is 5. The van der Waals surface area contributed by atoms with Gasteiger partial charge < -0.3 is 16.1 Å². The number of aromatic nitrogens is 4. The molecule has 1 aliphatic heterocycles. The van der Waals surface area contributed by atoms with Crippen molar-refractivity contribution < 1.29 is 4.39 Å². The van der Waals surface area contributed by atoms with Crippen LogP contribution in [0.2, 0.25) is 0 Å². The average molecular weight is 327 g/mol. The summed E-state index contributed by atoms with van der Waals surface area (Å²) in [6, 6.07) is 6.31. The van der Waals surface area contributed by atoms with E-state index < -0.39 is 0 Å². The molecular weight excluding hydrogens is 309 g/mol. The fraction of sp³-hybridized carbons (Fsp3) is 0.312. The van der Waals surface area contributed by atoms with Gasteiger partial charge in [-0.15, -0.1) is 0 Å². The molecule has 1 aromatic carbocycles. The van der Waals surface area contributed by atoms with Crippen molar-refractivity contribution in [1.82, 2.24) is 24.9 Å². The first-order chi connectivity index (χ1) is 11.7. The van der Waals surface area contributed by atoms with Crippen LogP contribution in [0, 0.1) is 5.82 Å². The highest BCUT2D eigenvalue weighted by atomic mass is 19.1. The molecule has 7 nitrogen and oxygen atoms in total. The Morgan fingerprint density at radius 2 is 1.92 bits per heavy atom. The fourth-order valence-corrected chi connectivity index (χ4v) is 2.96. The Morgan fingerprint density at radius 1 is 1.08 bits per heavy atom. The Kier molecular flexibility index (Phi) is 3.73. The van der Waals surface area contributed by atoms with E-state index in [4.69, 9.17) is 5.73 Å². The Labute approximate surface area is 138 Å². The molecule has 1 fully saturated rings. The van der Waals surface area contributed by atoms with Crippen molar-refractivity contribution in [3.8, 4) is 11.4 Å². The zero-order valence-corrected chi connectivity index (χ0v) is 13.1. The van der Waals surface area contributed by atoms with Gasteiger partial charge in [0.2, 0.25) is 5.95 Å². The average Bonchev–Trinajstić information content (AvgIpc) is 2.77. The second kappa shape index (κ2) is 6.04. The number of benzene rings is 1. The smallest absolute Gasteiger partial charge is 0.222 e. The van der Waals surface area contributed by atoms with E-state index in [-0.39, 0.29) is 11.8 Å². The molecule has 8 heteroatoms. The summed E-state index contributed by atoms with van der Waals surface area (Å²) in [7, 11) is 0. The third-order valence-electron chi connectivity index (χ3n) is 4.10. The van der Waals surface area contributed by atoms with Crippen LogP contribution in [0.25, 0.3) is 22.6 Å². The van der Waals surface area contributed by atoms with Crippen molar-refractivity contribution in [2.45, 2.75) is 6.42 Å². The summed E-state index contributed by atoms with van der Waals surface area (Å²) in [4.78, 5) is 13.1. The van der Waals surface area contributed by atoms with Gasteiger partial charge in [0, 0.05) is 25.2 Å². The Morgan fingerprint density at radius 3 is 2.75 bits per heavy atom. The molecule has 3 heterocycles. The minimum Gasteiger partial charge on any atom is -0.368 e. The summed E-state index contributed by atoms with van der Waals surface area (Å²) in [5.74, 6) is 0.651.